The van der Waals surface area contributed by atoms with Crippen molar-refractivity contribution in [2.45, 2.75) is 12.8 Å². The Morgan fingerprint density at radius 1 is 1.31 bits per heavy atom. The van der Waals surface area contributed by atoms with E-state index in [4.69, 9.17) is 17.3 Å². The van der Waals surface area contributed by atoms with Gasteiger partial charge in [-0.05, 0) is 30.7 Å². The minimum Gasteiger partial charge on any atom is -0.356 e. The summed E-state index contributed by atoms with van der Waals surface area (Å²) < 4.78 is 0. The van der Waals surface area contributed by atoms with Crippen LogP contribution in [0.2, 0.25) is 5.02 Å². The van der Waals surface area contributed by atoms with Crippen LogP contribution in [0.1, 0.15) is 12.0 Å². The molecule has 1 aromatic rings. The van der Waals surface area contributed by atoms with E-state index in [9.17, 15) is 4.79 Å². The molecule has 0 aromatic heterocycles. The van der Waals surface area contributed by atoms with E-state index in [-0.39, 0.29) is 18.3 Å². The molecule has 0 aliphatic heterocycles. The van der Waals surface area contributed by atoms with Gasteiger partial charge >= 0.3 is 0 Å². The Balaban J connectivity index is 0.00000225. The average Bonchev–Trinajstić information content (AvgIpc) is 2.22. The van der Waals surface area contributed by atoms with Crippen molar-refractivity contribution in [1.29, 1.82) is 0 Å². The molecule has 0 bridgehead atoms. The van der Waals surface area contributed by atoms with Crippen LogP contribution in [-0.4, -0.2) is 19.0 Å². The van der Waals surface area contributed by atoms with E-state index in [1.54, 1.807) is 12.1 Å². The van der Waals surface area contributed by atoms with Crippen molar-refractivity contribution in [3.8, 4) is 0 Å². The number of hydrogen-bond donors (Lipinski definition) is 2. The number of amides is 1. The van der Waals surface area contributed by atoms with E-state index in [1.165, 1.54) is 0 Å². The largest absolute Gasteiger partial charge is 0.356 e. The summed E-state index contributed by atoms with van der Waals surface area (Å²) in [5, 5.41) is 3.48. The molecule has 3 nitrogen and oxygen atoms in total. The number of halogens is 2. The summed E-state index contributed by atoms with van der Waals surface area (Å²) in [5.74, 6) is 0.0192. The summed E-state index contributed by atoms with van der Waals surface area (Å²) in [4.78, 5) is 11.4. The molecule has 3 N–H and O–H groups in total. The Hall–Kier alpha value is -0.770. The maximum Gasteiger partial charge on any atom is 0.224 e. The summed E-state index contributed by atoms with van der Waals surface area (Å²) >= 11 is 5.74. The Morgan fingerprint density at radius 3 is 2.50 bits per heavy atom. The highest BCUT2D eigenvalue weighted by Crippen LogP contribution is 2.09. The van der Waals surface area contributed by atoms with Crippen LogP contribution in [0, 0.1) is 0 Å². The van der Waals surface area contributed by atoms with Gasteiger partial charge in [0, 0.05) is 11.6 Å². The molecule has 0 radical (unpaired) electrons. The van der Waals surface area contributed by atoms with Crippen LogP contribution in [0.3, 0.4) is 0 Å². The van der Waals surface area contributed by atoms with E-state index >= 15 is 0 Å². The highest BCUT2D eigenvalue weighted by Gasteiger charge is 2.01. The first-order valence-electron chi connectivity index (χ1n) is 4.93. The zero-order chi connectivity index (χ0) is 11.1. The van der Waals surface area contributed by atoms with E-state index in [0.717, 1.165) is 12.0 Å². The number of benzene rings is 1. The lowest BCUT2D eigenvalue weighted by Gasteiger charge is -2.04. The number of rotatable bonds is 5. The van der Waals surface area contributed by atoms with Crippen molar-refractivity contribution in [3.63, 3.8) is 0 Å². The molecule has 0 spiro atoms. The molecule has 1 amide bonds. The minimum atomic E-state index is 0. The van der Waals surface area contributed by atoms with Crippen LogP contribution >= 0.6 is 24.0 Å². The van der Waals surface area contributed by atoms with E-state index in [2.05, 4.69) is 5.32 Å². The summed E-state index contributed by atoms with van der Waals surface area (Å²) in [7, 11) is 0. The van der Waals surface area contributed by atoms with Gasteiger partial charge in [0.05, 0.1) is 6.42 Å². The van der Waals surface area contributed by atoms with E-state index in [1.807, 2.05) is 12.1 Å². The third kappa shape index (κ3) is 5.95. The summed E-state index contributed by atoms with van der Waals surface area (Å²) in [6, 6.07) is 7.27. The topological polar surface area (TPSA) is 55.1 Å². The number of nitrogens with one attached hydrogen (secondary N) is 1. The van der Waals surface area contributed by atoms with Gasteiger partial charge in [0.25, 0.3) is 0 Å². The molecule has 0 atom stereocenters. The van der Waals surface area contributed by atoms with Gasteiger partial charge < -0.3 is 11.1 Å². The smallest absolute Gasteiger partial charge is 0.224 e. The average molecular weight is 263 g/mol. The zero-order valence-electron chi connectivity index (χ0n) is 8.91. The fourth-order valence-corrected chi connectivity index (χ4v) is 1.31. The first kappa shape index (κ1) is 15.2. The second-order valence-electron chi connectivity index (χ2n) is 3.30. The monoisotopic (exact) mass is 262 g/mol. The van der Waals surface area contributed by atoms with Crippen molar-refractivity contribution in [3.05, 3.63) is 34.9 Å². The third-order valence-electron chi connectivity index (χ3n) is 1.98. The highest BCUT2D eigenvalue weighted by molar-refractivity contribution is 6.30. The molecule has 0 aliphatic carbocycles. The molecule has 0 heterocycles. The lowest BCUT2D eigenvalue weighted by atomic mass is 10.1. The van der Waals surface area contributed by atoms with Gasteiger partial charge in [-0.2, -0.15) is 0 Å². The summed E-state index contributed by atoms with van der Waals surface area (Å²) in [6.45, 7) is 1.24. The molecule has 5 heteroatoms. The number of carbonyl (C=O) groups excluding carboxylic acids is 1. The molecule has 90 valence electrons. The standard InChI is InChI=1S/C11H15ClN2O.ClH/c12-10-4-2-9(3-5-10)8-11(15)14-7-1-6-13;/h2-5H,1,6-8,13H2,(H,14,15);1H. The summed E-state index contributed by atoms with van der Waals surface area (Å²) in [6.07, 6.45) is 1.20. The van der Waals surface area contributed by atoms with Crippen LogP contribution < -0.4 is 11.1 Å². The SMILES string of the molecule is Cl.NCCCNC(=O)Cc1ccc(Cl)cc1. The Labute approximate surface area is 107 Å². The summed E-state index contributed by atoms with van der Waals surface area (Å²) in [5.41, 5.74) is 6.28. The highest BCUT2D eigenvalue weighted by atomic mass is 35.5. The lowest BCUT2D eigenvalue weighted by Crippen LogP contribution is -2.27. The fraction of sp³-hybridized carbons (Fsp3) is 0.364. The first-order chi connectivity index (χ1) is 7.22. The molecule has 0 unspecified atom stereocenters. The minimum absolute atomic E-state index is 0. The van der Waals surface area contributed by atoms with E-state index in [0.29, 0.717) is 24.5 Å². The molecule has 16 heavy (non-hydrogen) atoms. The second-order valence-corrected chi connectivity index (χ2v) is 3.73. The van der Waals surface area contributed by atoms with Crippen LogP contribution in [-0.2, 0) is 11.2 Å². The molecule has 0 fully saturated rings. The van der Waals surface area contributed by atoms with Crippen LogP contribution in [0.5, 0.6) is 0 Å². The van der Waals surface area contributed by atoms with Crippen molar-refractivity contribution in [1.82, 2.24) is 5.32 Å². The molecule has 0 saturated heterocycles. The van der Waals surface area contributed by atoms with E-state index < -0.39 is 0 Å². The Kier molecular flexibility index (Phi) is 7.99. The van der Waals surface area contributed by atoms with Crippen molar-refractivity contribution >= 4 is 29.9 Å². The Bertz CT molecular complexity index is 314. The maximum atomic E-state index is 11.4. The van der Waals surface area contributed by atoms with Gasteiger partial charge in [-0.25, -0.2) is 0 Å². The molecular formula is C11H16Cl2N2O. The van der Waals surface area contributed by atoms with Crippen LogP contribution in [0.15, 0.2) is 24.3 Å². The van der Waals surface area contributed by atoms with Crippen molar-refractivity contribution < 1.29 is 4.79 Å². The molecule has 0 aliphatic rings. The maximum absolute atomic E-state index is 11.4. The quantitative estimate of drug-likeness (QED) is 0.795. The normalized spacial score (nSPS) is 9.38. The van der Waals surface area contributed by atoms with Gasteiger partial charge in [-0.1, -0.05) is 23.7 Å². The van der Waals surface area contributed by atoms with Gasteiger partial charge in [0.1, 0.15) is 0 Å². The first-order valence-corrected chi connectivity index (χ1v) is 5.31. The van der Waals surface area contributed by atoms with Crippen molar-refractivity contribution in [2.24, 2.45) is 5.73 Å². The molecule has 1 rings (SSSR count). The van der Waals surface area contributed by atoms with Crippen LogP contribution in [0.25, 0.3) is 0 Å². The second kappa shape index (κ2) is 8.39. The number of nitrogens with two attached hydrogens (primary N) is 1. The van der Waals surface area contributed by atoms with Gasteiger partial charge in [-0.3, -0.25) is 4.79 Å². The van der Waals surface area contributed by atoms with Crippen LogP contribution in [0.4, 0.5) is 0 Å². The van der Waals surface area contributed by atoms with Gasteiger partial charge in [0.15, 0.2) is 0 Å². The predicted octanol–water partition coefficient (Wildman–Crippen LogP) is 1.77. The number of hydrogen-bond acceptors (Lipinski definition) is 2. The predicted molar refractivity (Wildman–Crippen MR) is 69.1 cm³/mol. The lowest BCUT2D eigenvalue weighted by molar-refractivity contribution is -0.120. The third-order valence-corrected chi connectivity index (χ3v) is 2.23. The Morgan fingerprint density at radius 2 is 1.94 bits per heavy atom. The van der Waals surface area contributed by atoms with Gasteiger partial charge in [0.2, 0.25) is 5.91 Å². The molecule has 0 saturated carbocycles. The number of carbonyl (C=O) groups is 1. The van der Waals surface area contributed by atoms with Crippen molar-refractivity contribution in [2.75, 3.05) is 13.1 Å². The molecule has 1 aromatic carbocycles. The molecular weight excluding hydrogens is 247 g/mol. The zero-order valence-corrected chi connectivity index (χ0v) is 10.5. The van der Waals surface area contributed by atoms with Gasteiger partial charge in [-0.15, -0.1) is 12.4 Å². The fourth-order valence-electron chi connectivity index (χ4n) is 1.18.